The Bertz CT molecular complexity index is 1260. The average Bonchev–Trinajstić information content (AvgIpc) is 3.10. The molecule has 0 saturated heterocycles. The van der Waals surface area contributed by atoms with Crippen LogP contribution in [0.4, 0.5) is 0 Å². The monoisotopic (exact) mass is 414 g/mol. The molecule has 1 N–H and O–H groups in total. The molecule has 0 fully saturated rings. The average molecular weight is 415 g/mol. The first-order chi connectivity index (χ1) is 14.9. The number of esters is 1. The van der Waals surface area contributed by atoms with Crippen LogP contribution >= 0.6 is 0 Å². The summed E-state index contributed by atoms with van der Waals surface area (Å²) in [6.45, 7) is 5.81. The lowest BCUT2D eigenvalue weighted by Gasteiger charge is -2.19. The number of fused-ring (bicyclic) bond motifs is 3. The predicted octanol–water partition coefficient (Wildman–Crippen LogP) is 5.99. The molecule has 4 rings (SSSR count). The highest BCUT2D eigenvalue weighted by Crippen LogP contribution is 2.31. The van der Waals surface area contributed by atoms with Crippen molar-refractivity contribution in [1.29, 1.82) is 0 Å². The number of nitrogens with one attached hydrogen (secondary N) is 1. The zero-order chi connectivity index (χ0) is 22.0. The van der Waals surface area contributed by atoms with Crippen LogP contribution in [0.25, 0.3) is 33.8 Å². The van der Waals surface area contributed by atoms with Gasteiger partial charge in [0, 0.05) is 29.8 Å². The Labute approximate surface area is 181 Å². The molecule has 0 aliphatic carbocycles. The molecule has 31 heavy (non-hydrogen) atoms. The van der Waals surface area contributed by atoms with Gasteiger partial charge in [0.05, 0.1) is 23.4 Å². The van der Waals surface area contributed by atoms with E-state index >= 15 is 0 Å². The van der Waals surface area contributed by atoms with Gasteiger partial charge in [-0.05, 0) is 43.9 Å². The van der Waals surface area contributed by atoms with Gasteiger partial charge in [0.1, 0.15) is 5.60 Å². The highest BCUT2D eigenvalue weighted by Gasteiger charge is 2.25. The molecule has 0 amide bonds. The lowest BCUT2D eigenvalue weighted by Crippen LogP contribution is -2.24. The van der Waals surface area contributed by atoms with Gasteiger partial charge in [-0.2, -0.15) is 0 Å². The van der Waals surface area contributed by atoms with Crippen molar-refractivity contribution in [1.82, 2.24) is 9.97 Å². The second kappa shape index (κ2) is 8.36. The molecule has 0 atom stereocenters. The smallest absolute Gasteiger partial charge is 0.341 e. The summed E-state index contributed by atoms with van der Waals surface area (Å²) in [4.78, 5) is 21.1. The van der Waals surface area contributed by atoms with Gasteiger partial charge >= 0.3 is 5.97 Å². The summed E-state index contributed by atoms with van der Waals surface area (Å²) in [7, 11) is 1.60. The number of H-pyrrole nitrogens is 1. The molecule has 0 bridgehead atoms. The number of rotatable bonds is 5. The first-order valence-corrected chi connectivity index (χ1v) is 10.2. The highest BCUT2D eigenvalue weighted by atomic mass is 16.6. The molecule has 0 radical (unpaired) electrons. The molecule has 0 unspecified atom stereocenters. The third kappa shape index (κ3) is 4.52. The van der Waals surface area contributed by atoms with Crippen LogP contribution in [0.5, 0.6) is 0 Å². The van der Waals surface area contributed by atoms with Crippen LogP contribution in [0.3, 0.4) is 0 Å². The van der Waals surface area contributed by atoms with Crippen molar-refractivity contribution in [3.05, 3.63) is 77.2 Å². The standard InChI is InChI=1S/C26H26N2O3/c1-26(2,3)31-25(29)23-20-13-11-18-15-27-19(12-10-17-8-6-5-7-9-17)14-21(18)24(20)28-22(23)16-30-4/h5-15,27H,16H2,1-4H3. The summed E-state index contributed by atoms with van der Waals surface area (Å²) in [5, 5.41) is 2.76. The fourth-order valence-corrected chi connectivity index (χ4v) is 3.57. The number of nitrogens with zero attached hydrogens (tertiary/aromatic N) is 1. The molecular weight excluding hydrogens is 388 g/mol. The van der Waals surface area contributed by atoms with E-state index in [-0.39, 0.29) is 12.6 Å². The summed E-state index contributed by atoms with van der Waals surface area (Å²) in [5.74, 6) is -0.381. The van der Waals surface area contributed by atoms with Gasteiger partial charge in [-0.1, -0.05) is 48.5 Å². The van der Waals surface area contributed by atoms with Gasteiger partial charge in [-0.15, -0.1) is 0 Å². The second-order valence-electron chi connectivity index (χ2n) is 8.47. The van der Waals surface area contributed by atoms with E-state index in [1.165, 1.54) is 0 Å². The number of methoxy groups -OCH3 is 1. The van der Waals surface area contributed by atoms with Gasteiger partial charge in [-0.3, -0.25) is 0 Å². The Morgan fingerprint density at radius 3 is 2.55 bits per heavy atom. The summed E-state index contributed by atoms with van der Waals surface area (Å²) in [6.07, 6.45) is 6.04. The van der Waals surface area contributed by atoms with E-state index in [1.807, 2.05) is 63.4 Å². The maximum Gasteiger partial charge on any atom is 0.341 e. The van der Waals surface area contributed by atoms with E-state index in [0.717, 1.165) is 32.9 Å². The van der Waals surface area contributed by atoms with Crippen molar-refractivity contribution < 1.29 is 14.3 Å². The molecular formula is C26H26N2O3. The van der Waals surface area contributed by atoms with E-state index < -0.39 is 5.60 Å². The number of benzene rings is 2. The molecule has 4 aromatic rings. The molecule has 5 heteroatoms. The highest BCUT2D eigenvalue weighted by molar-refractivity contribution is 6.14. The molecule has 5 nitrogen and oxygen atoms in total. The number of carbonyl (C=O) groups excluding carboxylic acids is 1. The quantitative estimate of drug-likeness (QED) is 0.408. The van der Waals surface area contributed by atoms with Crippen molar-refractivity contribution in [3.63, 3.8) is 0 Å². The number of hydrogen-bond donors (Lipinski definition) is 1. The van der Waals surface area contributed by atoms with Crippen molar-refractivity contribution in [2.24, 2.45) is 0 Å². The summed E-state index contributed by atoms with van der Waals surface area (Å²) < 4.78 is 11.0. The van der Waals surface area contributed by atoms with Crippen LogP contribution in [0.2, 0.25) is 0 Å². The minimum atomic E-state index is -0.591. The third-order valence-electron chi connectivity index (χ3n) is 4.89. The Balaban J connectivity index is 1.83. The van der Waals surface area contributed by atoms with E-state index in [0.29, 0.717) is 11.3 Å². The van der Waals surface area contributed by atoms with E-state index in [9.17, 15) is 4.79 Å². The Hall–Kier alpha value is -3.44. The largest absolute Gasteiger partial charge is 0.456 e. The van der Waals surface area contributed by atoms with E-state index in [4.69, 9.17) is 14.5 Å². The predicted molar refractivity (Wildman–Crippen MR) is 125 cm³/mol. The van der Waals surface area contributed by atoms with Crippen LogP contribution in [0, 0.1) is 0 Å². The zero-order valence-corrected chi connectivity index (χ0v) is 18.2. The maximum atomic E-state index is 13.0. The fourth-order valence-electron chi connectivity index (χ4n) is 3.57. The minimum Gasteiger partial charge on any atom is -0.456 e. The molecule has 0 saturated carbocycles. The topological polar surface area (TPSA) is 64.2 Å². The second-order valence-corrected chi connectivity index (χ2v) is 8.47. The van der Waals surface area contributed by atoms with Gasteiger partial charge in [-0.25, -0.2) is 9.78 Å². The minimum absolute atomic E-state index is 0.241. The Morgan fingerprint density at radius 1 is 1.06 bits per heavy atom. The number of hydrogen-bond acceptors (Lipinski definition) is 4. The summed E-state index contributed by atoms with van der Waals surface area (Å²) >= 11 is 0. The molecule has 0 aliphatic rings. The van der Waals surface area contributed by atoms with Crippen LogP contribution < -0.4 is 0 Å². The number of pyridine rings is 1. The molecule has 0 spiro atoms. The number of carbonyl (C=O) groups is 1. The zero-order valence-electron chi connectivity index (χ0n) is 18.2. The molecule has 158 valence electrons. The van der Waals surface area contributed by atoms with Crippen molar-refractivity contribution >= 4 is 39.8 Å². The van der Waals surface area contributed by atoms with Gasteiger partial charge < -0.3 is 14.5 Å². The molecule has 0 aliphatic heterocycles. The fraction of sp³-hybridized carbons (Fsp3) is 0.231. The van der Waals surface area contributed by atoms with Gasteiger partial charge in [0.15, 0.2) is 0 Å². The molecule has 2 heterocycles. The van der Waals surface area contributed by atoms with Gasteiger partial charge in [0.2, 0.25) is 0 Å². The normalized spacial score (nSPS) is 12.1. The number of aromatic amines is 1. The van der Waals surface area contributed by atoms with Crippen LogP contribution in [0.15, 0.2) is 54.7 Å². The number of aromatic nitrogens is 2. The van der Waals surface area contributed by atoms with Crippen LogP contribution in [-0.2, 0) is 16.1 Å². The van der Waals surface area contributed by atoms with Crippen molar-refractivity contribution in [2.45, 2.75) is 33.0 Å². The van der Waals surface area contributed by atoms with Crippen LogP contribution in [0.1, 0.15) is 48.1 Å². The lowest BCUT2D eigenvalue weighted by molar-refractivity contribution is 0.00682. The Kier molecular flexibility index (Phi) is 5.61. The summed E-state index contributed by atoms with van der Waals surface area (Å²) in [5.41, 5.74) is 3.31. The SMILES string of the molecule is COCc1nc2c(ccc3c[nH]c(C=Cc4ccccc4)cc32)c1C(=O)OC(C)(C)C. The maximum absolute atomic E-state index is 13.0. The number of ether oxygens (including phenoxy) is 2. The third-order valence-corrected chi connectivity index (χ3v) is 4.89. The van der Waals surface area contributed by atoms with Crippen LogP contribution in [-0.4, -0.2) is 28.6 Å². The van der Waals surface area contributed by atoms with Crippen molar-refractivity contribution in [3.8, 4) is 0 Å². The van der Waals surface area contributed by atoms with Gasteiger partial charge in [0.25, 0.3) is 0 Å². The molecule has 2 aromatic carbocycles. The lowest BCUT2D eigenvalue weighted by atomic mass is 10.0. The summed E-state index contributed by atoms with van der Waals surface area (Å²) in [6, 6.07) is 16.1. The first kappa shape index (κ1) is 20.8. The van der Waals surface area contributed by atoms with Crippen molar-refractivity contribution in [2.75, 3.05) is 7.11 Å². The van der Waals surface area contributed by atoms with E-state index in [1.54, 1.807) is 7.11 Å². The molecule has 2 aromatic heterocycles. The first-order valence-electron chi connectivity index (χ1n) is 10.2. The van der Waals surface area contributed by atoms with E-state index in [2.05, 4.69) is 29.3 Å². The Morgan fingerprint density at radius 2 is 1.84 bits per heavy atom.